The summed E-state index contributed by atoms with van der Waals surface area (Å²) in [7, 11) is 0. The minimum absolute atomic E-state index is 0.487. The first-order chi connectivity index (χ1) is 10.3. The zero-order valence-corrected chi connectivity index (χ0v) is 13.0. The highest BCUT2D eigenvalue weighted by Crippen LogP contribution is 2.29. The second-order valence-corrected chi connectivity index (χ2v) is 6.45. The van der Waals surface area contributed by atoms with Gasteiger partial charge in [-0.3, -0.25) is 0 Å². The molecule has 1 N–H and O–H groups in total. The molecule has 2 aliphatic rings. The van der Waals surface area contributed by atoms with Gasteiger partial charge in [0.15, 0.2) is 5.82 Å². The van der Waals surface area contributed by atoms with E-state index in [0.717, 1.165) is 56.7 Å². The summed E-state index contributed by atoms with van der Waals surface area (Å²) in [5.41, 5.74) is 0. The first kappa shape index (κ1) is 15.0. The third kappa shape index (κ3) is 4.04. The largest absolute Gasteiger partial charge is 0.381 e. The van der Waals surface area contributed by atoms with Crippen molar-refractivity contribution in [1.82, 2.24) is 15.5 Å². The van der Waals surface area contributed by atoms with Crippen LogP contribution in [0.2, 0.25) is 0 Å². The summed E-state index contributed by atoms with van der Waals surface area (Å²) in [6.45, 7) is 4.88. The Morgan fingerprint density at radius 2 is 2.14 bits per heavy atom. The minimum atomic E-state index is 0.487. The molecule has 2 unspecified atom stereocenters. The maximum Gasteiger partial charge on any atom is 0.228 e. The molecular weight excluding hydrogens is 266 g/mol. The zero-order chi connectivity index (χ0) is 14.5. The van der Waals surface area contributed by atoms with Gasteiger partial charge in [0.2, 0.25) is 5.89 Å². The molecule has 0 spiro atoms. The van der Waals surface area contributed by atoms with Crippen molar-refractivity contribution in [2.75, 3.05) is 19.8 Å². The molecule has 0 amide bonds. The monoisotopic (exact) mass is 293 g/mol. The van der Waals surface area contributed by atoms with Crippen molar-refractivity contribution >= 4 is 0 Å². The number of rotatable bonds is 7. The van der Waals surface area contributed by atoms with Crippen molar-refractivity contribution < 1.29 is 9.26 Å². The van der Waals surface area contributed by atoms with Crippen LogP contribution in [0.1, 0.15) is 50.7 Å². The van der Waals surface area contributed by atoms with Crippen LogP contribution in [0.3, 0.4) is 0 Å². The molecular formula is C16H27N3O2. The first-order valence-electron chi connectivity index (χ1n) is 8.47. The van der Waals surface area contributed by atoms with Gasteiger partial charge in [-0.15, -0.1) is 0 Å². The fourth-order valence-corrected chi connectivity index (χ4v) is 3.67. The molecule has 2 heterocycles. The molecule has 1 saturated heterocycles. The van der Waals surface area contributed by atoms with Crippen molar-refractivity contribution in [3.63, 3.8) is 0 Å². The second kappa shape index (κ2) is 7.36. The fraction of sp³-hybridized carbons (Fsp3) is 0.875. The smallest absolute Gasteiger partial charge is 0.228 e. The summed E-state index contributed by atoms with van der Waals surface area (Å²) >= 11 is 0. The summed E-state index contributed by atoms with van der Waals surface area (Å²) in [6.07, 6.45) is 8.26. The van der Waals surface area contributed by atoms with Gasteiger partial charge in [-0.25, -0.2) is 0 Å². The summed E-state index contributed by atoms with van der Waals surface area (Å²) in [4.78, 5) is 4.59. The summed E-state index contributed by atoms with van der Waals surface area (Å²) < 4.78 is 10.9. The number of nitrogens with zero attached hydrogens (tertiary/aromatic N) is 2. The van der Waals surface area contributed by atoms with Gasteiger partial charge < -0.3 is 14.6 Å². The van der Waals surface area contributed by atoms with Crippen molar-refractivity contribution in [3.8, 4) is 0 Å². The van der Waals surface area contributed by atoms with Gasteiger partial charge in [0.1, 0.15) is 0 Å². The Hall–Kier alpha value is -0.940. The number of hydrogen-bond donors (Lipinski definition) is 1. The third-order valence-corrected chi connectivity index (χ3v) is 4.84. The lowest BCUT2D eigenvalue weighted by Crippen LogP contribution is -2.37. The highest BCUT2D eigenvalue weighted by Gasteiger charge is 2.26. The van der Waals surface area contributed by atoms with E-state index >= 15 is 0 Å². The topological polar surface area (TPSA) is 60.2 Å². The average molecular weight is 293 g/mol. The lowest BCUT2D eigenvalue weighted by molar-refractivity contribution is 0.185. The standard InChI is InChI=1S/C16H27N3O2/c1-2-17-14(13-5-3-4-6-13)10-16-18-15(19-21-16)9-12-7-8-20-11-12/h12-14,17H,2-11H2,1H3. The summed E-state index contributed by atoms with van der Waals surface area (Å²) in [5, 5.41) is 7.76. The van der Waals surface area contributed by atoms with Crippen LogP contribution >= 0.6 is 0 Å². The molecule has 3 rings (SSSR count). The maximum atomic E-state index is 5.47. The van der Waals surface area contributed by atoms with Crippen LogP contribution in [0.15, 0.2) is 4.52 Å². The van der Waals surface area contributed by atoms with Crippen LogP contribution in [0.4, 0.5) is 0 Å². The van der Waals surface area contributed by atoms with Crippen LogP contribution in [0.25, 0.3) is 0 Å². The van der Waals surface area contributed by atoms with Crippen LogP contribution in [-0.2, 0) is 17.6 Å². The zero-order valence-electron chi connectivity index (χ0n) is 13.0. The average Bonchev–Trinajstić information content (AvgIpc) is 3.21. The maximum absolute atomic E-state index is 5.47. The van der Waals surface area contributed by atoms with E-state index < -0.39 is 0 Å². The van der Waals surface area contributed by atoms with E-state index in [1.807, 2.05) is 0 Å². The van der Waals surface area contributed by atoms with Gasteiger partial charge in [0.05, 0.1) is 0 Å². The van der Waals surface area contributed by atoms with E-state index in [4.69, 9.17) is 9.26 Å². The van der Waals surface area contributed by atoms with Gasteiger partial charge in [-0.1, -0.05) is 24.9 Å². The van der Waals surface area contributed by atoms with Crippen LogP contribution < -0.4 is 5.32 Å². The molecule has 1 aliphatic carbocycles. The quantitative estimate of drug-likeness (QED) is 0.836. The first-order valence-corrected chi connectivity index (χ1v) is 8.47. The number of hydrogen-bond acceptors (Lipinski definition) is 5. The third-order valence-electron chi connectivity index (χ3n) is 4.84. The second-order valence-electron chi connectivity index (χ2n) is 6.45. The summed E-state index contributed by atoms with van der Waals surface area (Å²) in [6, 6.07) is 0.487. The van der Waals surface area contributed by atoms with E-state index in [9.17, 15) is 0 Å². The van der Waals surface area contributed by atoms with Crippen molar-refractivity contribution in [1.29, 1.82) is 0 Å². The van der Waals surface area contributed by atoms with Crippen LogP contribution in [0, 0.1) is 11.8 Å². The Bertz CT molecular complexity index is 423. The molecule has 1 aromatic heterocycles. The Morgan fingerprint density at radius 3 is 2.86 bits per heavy atom. The Kier molecular flexibility index (Phi) is 5.25. The molecule has 1 aromatic rings. The van der Waals surface area contributed by atoms with Crippen LogP contribution in [-0.4, -0.2) is 35.9 Å². The van der Waals surface area contributed by atoms with E-state index in [2.05, 4.69) is 22.4 Å². The molecule has 5 nitrogen and oxygen atoms in total. The predicted molar refractivity (Wildman–Crippen MR) is 80.1 cm³/mol. The molecule has 118 valence electrons. The highest BCUT2D eigenvalue weighted by molar-refractivity contribution is 4.94. The van der Waals surface area contributed by atoms with Crippen molar-refractivity contribution in [2.45, 2.75) is 57.9 Å². The summed E-state index contributed by atoms with van der Waals surface area (Å²) in [5.74, 6) is 2.97. The van der Waals surface area contributed by atoms with E-state index in [0.29, 0.717) is 12.0 Å². The van der Waals surface area contributed by atoms with E-state index in [1.165, 1.54) is 25.7 Å². The molecule has 5 heteroatoms. The van der Waals surface area contributed by atoms with Crippen molar-refractivity contribution in [3.05, 3.63) is 11.7 Å². The van der Waals surface area contributed by atoms with Gasteiger partial charge in [0.25, 0.3) is 0 Å². The molecule has 0 radical (unpaired) electrons. The molecule has 0 bridgehead atoms. The van der Waals surface area contributed by atoms with Gasteiger partial charge in [0, 0.05) is 32.1 Å². The van der Waals surface area contributed by atoms with E-state index in [1.54, 1.807) is 0 Å². The molecule has 1 saturated carbocycles. The van der Waals surface area contributed by atoms with Crippen LogP contribution in [0.5, 0.6) is 0 Å². The van der Waals surface area contributed by atoms with Gasteiger partial charge in [-0.2, -0.15) is 4.98 Å². The number of nitrogens with one attached hydrogen (secondary N) is 1. The normalized spacial score (nSPS) is 24.7. The van der Waals surface area contributed by atoms with E-state index in [-0.39, 0.29) is 0 Å². The SMILES string of the molecule is CCNC(Cc1nc(CC2CCOC2)no1)C1CCCC1. The number of likely N-dealkylation sites (N-methyl/N-ethyl adjacent to an activating group) is 1. The molecule has 2 fully saturated rings. The molecule has 1 aliphatic heterocycles. The Morgan fingerprint density at radius 1 is 1.29 bits per heavy atom. The van der Waals surface area contributed by atoms with Gasteiger partial charge >= 0.3 is 0 Å². The fourth-order valence-electron chi connectivity index (χ4n) is 3.67. The molecule has 2 atom stereocenters. The predicted octanol–water partition coefficient (Wildman–Crippen LogP) is 2.36. The minimum Gasteiger partial charge on any atom is -0.381 e. The lowest BCUT2D eigenvalue weighted by atomic mass is 9.95. The number of aromatic nitrogens is 2. The van der Waals surface area contributed by atoms with Gasteiger partial charge in [-0.05, 0) is 37.6 Å². The van der Waals surface area contributed by atoms with Crippen molar-refractivity contribution in [2.24, 2.45) is 11.8 Å². The Labute approximate surface area is 126 Å². The Balaban J connectivity index is 1.56. The number of ether oxygens (including phenoxy) is 1. The molecule has 21 heavy (non-hydrogen) atoms. The highest BCUT2D eigenvalue weighted by atomic mass is 16.5. The molecule has 0 aromatic carbocycles. The lowest BCUT2D eigenvalue weighted by Gasteiger charge is -2.22.